The second-order valence-electron chi connectivity index (χ2n) is 3.81. The second kappa shape index (κ2) is 3.65. The van der Waals surface area contributed by atoms with Crippen molar-refractivity contribution in [2.45, 2.75) is 16.9 Å². The summed E-state index contributed by atoms with van der Waals surface area (Å²) in [5, 5.41) is -0.892. The Morgan fingerprint density at radius 2 is 2.00 bits per heavy atom. The summed E-state index contributed by atoms with van der Waals surface area (Å²) in [6.45, 7) is 1.75. The van der Waals surface area contributed by atoms with Crippen molar-refractivity contribution in [2.24, 2.45) is 0 Å². The van der Waals surface area contributed by atoms with E-state index in [0.717, 1.165) is 16.8 Å². The molecule has 0 aromatic heterocycles. The van der Waals surface area contributed by atoms with Gasteiger partial charge in [0.2, 0.25) is 5.06 Å². The van der Waals surface area contributed by atoms with Gasteiger partial charge in [-0.1, -0.05) is 23.9 Å². The Morgan fingerprint density at radius 3 is 2.56 bits per heavy atom. The first kappa shape index (κ1) is 11.8. The molecule has 16 heavy (non-hydrogen) atoms. The fraction of sp³-hybridized carbons (Fsp3) is 0.400. The van der Waals surface area contributed by atoms with Crippen molar-refractivity contribution < 1.29 is 12.6 Å². The van der Waals surface area contributed by atoms with Gasteiger partial charge in [-0.3, -0.25) is 0 Å². The van der Waals surface area contributed by atoms with E-state index >= 15 is 0 Å². The summed E-state index contributed by atoms with van der Waals surface area (Å²) in [6, 6.07) is 7.74. The Balaban J connectivity index is 2.37. The minimum absolute atomic E-state index is 0.892. The van der Waals surface area contributed by atoms with E-state index in [9.17, 15) is 8.42 Å². The zero-order chi connectivity index (χ0) is 12.0. The molecule has 0 radical (unpaired) electrons. The van der Waals surface area contributed by atoms with Gasteiger partial charge in [0.25, 0.3) is 10.1 Å². The van der Waals surface area contributed by atoms with Gasteiger partial charge in [-0.15, -0.1) is 0 Å². The van der Waals surface area contributed by atoms with Gasteiger partial charge in [-0.2, -0.15) is 8.42 Å². The number of hydrogen-bond acceptors (Lipinski definition) is 5. The van der Waals surface area contributed by atoms with Gasteiger partial charge in [-0.25, -0.2) is 4.18 Å². The standard InChI is InChI=1S/C10H13NO3S2/c1-10(14-16(3,12)13)11(2)8-6-4-5-7-9(8)15-10/h4-7H,1-3H3. The van der Waals surface area contributed by atoms with Crippen molar-refractivity contribution in [3.63, 3.8) is 0 Å². The summed E-state index contributed by atoms with van der Waals surface area (Å²) in [6.07, 6.45) is 1.07. The largest absolute Gasteiger partial charge is 0.336 e. The van der Waals surface area contributed by atoms with Gasteiger partial charge in [-0.05, 0) is 19.1 Å². The van der Waals surface area contributed by atoms with Gasteiger partial charge in [0, 0.05) is 11.9 Å². The van der Waals surface area contributed by atoms with Gasteiger partial charge in [0.1, 0.15) is 0 Å². The van der Waals surface area contributed by atoms with Crippen LogP contribution in [0.2, 0.25) is 0 Å². The fourth-order valence-corrected chi connectivity index (χ4v) is 3.95. The number of benzene rings is 1. The third kappa shape index (κ3) is 2.05. The molecule has 6 heteroatoms. The number of nitrogens with zero attached hydrogens (tertiary/aromatic N) is 1. The summed E-state index contributed by atoms with van der Waals surface area (Å²) in [5.41, 5.74) is 0.985. The predicted octanol–water partition coefficient (Wildman–Crippen LogP) is 1.88. The van der Waals surface area contributed by atoms with Crippen molar-refractivity contribution in [2.75, 3.05) is 18.2 Å². The van der Waals surface area contributed by atoms with E-state index < -0.39 is 15.2 Å². The molecular weight excluding hydrogens is 246 g/mol. The molecule has 0 spiro atoms. The van der Waals surface area contributed by atoms with Crippen molar-refractivity contribution >= 4 is 27.6 Å². The molecule has 1 aliphatic heterocycles. The maximum Gasteiger partial charge on any atom is 0.267 e. The van der Waals surface area contributed by atoms with Crippen LogP contribution < -0.4 is 4.90 Å². The first-order valence-electron chi connectivity index (χ1n) is 4.74. The van der Waals surface area contributed by atoms with Crippen LogP contribution in [0.3, 0.4) is 0 Å². The molecule has 1 heterocycles. The van der Waals surface area contributed by atoms with Crippen LogP contribution in [0.1, 0.15) is 6.92 Å². The van der Waals surface area contributed by atoms with Crippen molar-refractivity contribution in [1.29, 1.82) is 0 Å². The first-order chi connectivity index (χ1) is 7.32. The Hall–Kier alpha value is -0.720. The lowest BCUT2D eigenvalue weighted by Gasteiger charge is -2.31. The van der Waals surface area contributed by atoms with Crippen LogP contribution in [-0.4, -0.2) is 26.8 Å². The smallest absolute Gasteiger partial charge is 0.267 e. The minimum atomic E-state index is -3.48. The normalized spacial score (nSPS) is 24.6. The minimum Gasteiger partial charge on any atom is -0.336 e. The van der Waals surface area contributed by atoms with Gasteiger partial charge in [0.15, 0.2) is 0 Å². The molecular formula is C10H13NO3S2. The fourth-order valence-electron chi connectivity index (χ4n) is 1.67. The van der Waals surface area contributed by atoms with E-state index in [2.05, 4.69) is 0 Å². The topological polar surface area (TPSA) is 46.6 Å². The Labute approximate surface area is 99.7 Å². The van der Waals surface area contributed by atoms with Gasteiger partial charge in [0.05, 0.1) is 11.9 Å². The van der Waals surface area contributed by atoms with E-state index in [1.54, 1.807) is 6.92 Å². The Morgan fingerprint density at radius 1 is 1.38 bits per heavy atom. The number of thioether (sulfide) groups is 1. The van der Waals surface area contributed by atoms with Crippen LogP contribution in [-0.2, 0) is 14.3 Å². The average molecular weight is 259 g/mol. The van der Waals surface area contributed by atoms with E-state index in [0.29, 0.717) is 0 Å². The number of anilines is 1. The molecule has 1 aromatic rings. The average Bonchev–Trinajstić information content (AvgIpc) is 2.37. The van der Waals surface area contributed by atoms with Gasteiger partial charge >= 0.3 is 0 Å². The summed E-state index contributed by atoms with van der Waals surface area (Å²) in [5.74, 6) is 0. The van der Waals surface area contributed by atoms with Crippen LogP contribution >= 0.6 is 11.8 Å². The van der Waals surface area contributed by atoms with Crippen LogP contribution in [0, 0.1) is 0 Å². The number of para-hydroxylation sites is 1. The molecule has 0 saturated heterocycles. The summed E-state index contributed by atoms with van der Waals surface area (Å²) in [4.78, 5) is 2.85. The molecule has 0 bridgehead atoms. The van der Waals surface area contributed by atoms with Crippen LogP contribution in [0.25, 0.3) is 0 Å². The predicted molar refractivity (Wildman–Crippen MR) is 65.0 cm³/mol. The lowest BCUT2D eigenvalue weighted by Crippen LogP contribution is -2.41. The number of fused-ring (bicyclic) bond motifs is 1. The highest BCUT2D eigenvalue weighted by atomic mass is 32.2. The maximum absolute atomic E-state index is 11.2. The summed E-state index contributed by atoms with van der Waals surface area (Å²) in [7, 11) is -1.66. The van der Waals surface area contributed by atoms with Crippen LogP contribution in [0.5, 0.6) is 0 Å². The molecule has 1 aromatic carbocycles. The highest BCUT2D eigenvalue weighted by molar-refractivity contribution is 8.01. The van der Waals surface area contributed by atoms with Gasteiger partial charge < -0.3 is 4.90 Å². The highest BCUT2D eigenvalue weighted by Crippen LogP contribution is 2.50. The second-order valence-corrected chi connectivity index (χ2v) is 6.79. The number of rotatable bonds is 2. The van der Waals surface area contributed by atoms with Crippen molar-refractivity contribution in [1.82, 2.24) is 0 Å². The van der Waals surface area contributed by atoms with E-state index in [1.165, 1.54) is 11.8 Å². The molecule has 1 unspecified atom stereocenters. The quantitative estimate of drug-likeness (QED) is 0.759. The Bertz CT molecular complexity index is 515. The molecule has 1 atom stereocenters. The van der Waals surface area contributed by atoms with Crippen LogP contribution in [0.15, 0.2) is 29.2 Å². The summed E-state index contributed by atoms with van der Waals surface area (Å²) >= 11 is 1.40. The van der Waals surface area contributed by atoms with Crippen molar-refractivity contribution in [3.8, 4) is 0 Å². The number of hydrogen-bond donors (Lipinski definition) is 0. The third-order valence-electron chi connectivity index (χ3n) is 2.44. The van der Waals surface area contributed by atoms with E-state index in [1.807, 2.05) is 36.2 Å². The first-order valence-corrected chi connectivity index (χ1v) is 7.38. The molecule has 0 saturated carbocycles. The SMILES string of the molecule is CN1c2ccccc2SC1(C)OS(C)(=O)=O. The van der Waals surface area contributed by atoms with Crippen molar-refractivity contribution in [3.05, 3.63) is 24.3 Å². The molecule has 0 N–H and O–H groups in total. The lowest BCUT2D eigenvalue weighted by atomic mass is 10.3. The monoisotopic (exact) mass is 259 g/mol. The molecule has 0 fully saturated rings. The highest BCUT2D eigenvalue weighted by Gasteiger charge is 2.42. The molecule has 0 aliphatic carbocycles. The molecule has 2 rings (SSSR count). The molecule has 88 valence electrons. The summed E-state index contributed by atoms with van der Waals surface area (Å²) < 4.78 is 27.6. The Kier molecular flexibility index (Phi) is 2.68. The van der Waals surface area contributed by atoms with E-state index in [4.69, 9.17) is 4.18 Å². The zero-order valence-electron chi connectivity index (χ0n) is 9.30. The van der Waals surface area contributed by atoms with E-state index in [-0.39, 0.29) is 0 Å². The maximum atomic E-state index is 11.2. The molecule has 1 aliphatic rings. The van der Waals surface area contributed by atoms with Crippen LogP contribution in [0.4, 0.5) is 5.69 Å². The molecule has 4 nitrogen and oxygen atoms in total. The zero-order valence-corrected chi connectivity index (χ0v) is 10.9. The third-order valence-corrected chi connectivity index (χ3v) is 4.48. The lowest BCUT2D eigenvalue weighted by molar-refractivity contribution is 0.200. The molecule has 0 amide bonds.